The van der Waals surface area contributed by atoms with Crippen molar-refractivity contribution in [1.82, 2.24) is 20.4 Å². The molecule has 2 aromatic heterocycles. The Morgan fingerprint density at radius 3 is 3.11 bits per heavy atom. The summed E-state index contributed by atoms with van der Waals surface area (Å²) in [7, 11) is 0. The quantitative estimate of drug-likeness (QED) is 0.787. The molecule has 1 N–H and O–H groups in total. The lowest BCUT2D eigenvalue weighted by Crippen LogP contribution is -2.17. The first kappa shape index (κ1) is 12.2. The van der Waals surface area contributed by atoms with Gasteiger partial charge in [-0.15, -0.1) is 0 Å². The number of nitrogens with one attached hydrogen (secondary N) is 1. The molecular weight excluding hydrogens is 230 g/mol. The van der Waals surface area contributed by atoms with Crippen LogP contribution in [0.15, 0.2) is 22.9 Å². The van der Waals surface area contributed by atoms with Crippen molar-refractivity contribution in [3.63, 3.8) is 0 Å². The smallest absolute Gasteiger partial charge is 0.227 e. The largest absolute Gasteiger partial charge is 0.339 e. The van der Waals surface area contributed by atoms with Crippen molar-refractivity contribution < 1.29 is 4.52 Å². The molecule has 0 saturated carbocycles. The van der Waals surface area contributed by atoms with Crippen LogP contribution in [0.3, 0.4) is 0 Å². The molecular formula is C12H13N5O. The van der Waals surface area contributed by atoms with Crippen LogP contribution in [0.4, 0.5) is 0 Å². The standard InChI is InChI=1S/C12H13N5O/c1-9-16-12(18-17-9)3-4-14-8-10-2-5-15-11(6-10)7-13/h2,5-6,14H,3-4,8H2,1H3. The lowest BCUT2D eigenvalue weighted by atomic mass is 10.2. The van der Waals surface area contributed by atoms with Gasteiger partial charge in [0.05, 0.1) is 0 Å². The van der Waals surface area contributed by atoms with Crippen molar-refractivity contribution >= 4 is 0 Å². The number of hydrogen-bond donors (Lipinski definition) is 1. The Morgan fingerprint density at radius 2 is 2.39 bits per heavy atom. The van der Waals surface area contributed by atoms with Gasteiger partial charge in [0.1, 0.15) is 11.8 Å². The molecule has 0 spiro atoms. The summed E-state index contributed by atoms with van der Waals surface area (Å²) in [6, 6.07) is 5.66. The van der Waals surface area contributed by atoms with E-state index in [0.29, 0.717) is 30.4 Å². The van der Waals surface area contributed by atoms with Gasteiger partial charge in [0.25, 0.3) is 0 Å². The second-order valence-electron chi connectivity index (χ2n) is 3.82. The van der Waals surface area contributed by atoms with Gasteiger partial charge < -0.3 is 9.84 Å². The van der Waals surface area contributed by atoms with E-state index >= 15 is 0 Å². The van der Waals surface area contributed by atoms with Crippen LogP contribution in [0.5, 0.6) is 0 Å². The average molecular weight is 243 g/mol. The second kappa shape index (κ2) is 5.89. The number of nitrogens with zero attached hydrogens (tertiary/aromatic N) is 4. The SMILES string of the molecule is Cc1noc(CCNCc2ccnc(C#N)c2)n1. The Hall–Kier alpha value is -2.26. The highest BCUT2D eigenvalue weighted by atomic mass is 16.5. The highest BCUT2D eigenvalue weighted by Crippen LogP contribution is 2.01. The van der Waals surface area contributed by atoms with Gasteiger partial charge in [-0.25, -0.2) is 4.98 Å². The van der Waals surface area contributed by atoms with Crippen molar-refractivity contribution in [2.75, 3.05) is 6.54 Å². The van der Waals surface area contributed by atoms with Crippen molar-refractivity contribution in [1.29, 1.82) is 5.26 Å². The van der Waals surface area contributed by atoms with E-state index in [1.807, 2.05) is 12.1 Å². The van der Waals surface area contributed by atoms with E-state index in [4.69, 9.17) is 9.78 Å². The summed E-state index contributed by atoms with van der Waals surface area (Å²) in [5.41, 5.74) is 1.46. The van der Waals surface area contributed by atoms with E-state index < -0.39 is 0 Å². The molecule has 0 saturated heterocycles. The van der Waals surface area contributed by atoms with Gasteiger partial charge in [-0.3, -0.25) is 0 Å². The molecule has 0 amide bonds. The molecule has 0 aliphatic rings. The monoisotopic (exact) mass is 243 g/mol. The zero-order valence-corrected chi connectivity index (χ0v) is 10.1. The summed E-state index contributed by atoms with van der Waals surface area (Å²) in [6.07, 6.45) is 2.33. The molecule has 0 atom stereocenters. The third-order valence-electron chi connectivity index (χ3n) is 2.35. The molecule has 0 aliphatic heterocycles. The van der Waals surface area contributed by atoms with Crippen LogP contribution in [0.25, 0.3) is 0 Å². The maximum atomic E-state index is 8.72. The Bertz CT molecular complexity index is 558. The third-order valence-corrected chi connectivity index (χ3v) is 2.35. The maximum absolute atomic E-state index is 8.72. The molecule has 0 aliphatic carbocycles. The van der Waals surface area contributed by atoms with Crippen LogP contribution >= 0.6 is 0 Å². The van der Waals surface area contributed by atoms with Gasteiger partial charge in [-0.1, -0.05) is 5.16 Å². The molecule has 6 heteroatoms. The lowest BCUT2D eigenvalue weighted by Gasteiger charge is -2.02. The molecule has 92 valence electrons. The highest BCUT2D eigenvalue weighted by Gasteiger charge is 2.02. The number of rotatable bonds is 5. The second-order valence-corrected chi connectivity index (χ2v) is 3.82. The van der Waals surface area contributed by atoms with E-state index in [2.05, 4.69) is 20.4 Å². The van der Waals surface area contributed by atoms with Gasteiger partial charge in [0.15, 0.2) is 5.82 Å². The summed E-state index contributed by atoms with van der Waals surface area (Å²) in [4.78, 5) is 8.03. The van der Waals surface area contributed by atoms with Gasteiger partial charge in [-0.2, -0.15) is 10.2 Å². The minimum absolute atomic E-state index is 0.432. The zero-order chi connectivity index (χ0) is 12.8. The number of aryl methyl sites for hydroxylation is 1. The lowest BCUT2D eigenvalue weighted by molar-refractivity contribution is 0.372. The van der Waals surface area contributed by atoms with E-state index in [-0.39, 0.29) is 0 Å². The van der Waals surface area contributed by atoms with Gasteiger partial charge in [-0.05, 0) is 24.6 Å². The number of hydrogen-bond acceptors (Lipinski definition) is 6. The fourth-order valence-electron chi connectivity index (χ4n) is 1.52. The van der Waals surface area contributed by atoms with Crippen LogP contribution in [0.1, 0.15) is 23.0 Å². The van der Waals surface area contributed by atoms with E-state index in [0.717, 1.165) is 12.1 Å². The molecule has 2 aromatic rings. The Balaban J connectivity index is 1.77. The van der Waals surface area contributed by atoms with Crippen molar-refractivity contribution in [2.45, 2.75) is 19.9 Å². The molecule has 0 radical (unpaired) electrons. The highest BCUT2D eigenvalue weighted by molar-refractivity contribution is 5.25. The first-order valence-corrected chi connectivity index (χ1v) is 5.63. The van der Waals surface area contributed by atoms with Crippen LogP contribution in [-0.4, -0.2) is 21.7 Å². The summed E-state index contributed by atoms with van der Waals surface area (Å²) in [5.74, 6) is 1.28. The summed E-state index contributed by atoms with van der Waals surface area (Å²) in [5, 5.41) is 15.7. The molecule has 2 rings (SSSR count). The van der Waals surface area contributed by atoms with Crippen molar-refractivity contribution in [2.24, 2.45) is 0 Å². The van der Waals surface area contributed by atoms with E-state index in [1.165, 1.54) is 0 Å². The number of nitriles is 1. The summed E-state index contributed by atoms with van der Waals surface area (Å²) < 4.78 is 5.00. The summed E-state index contributed by atoms with van der Waals surface area (Å²) in [6.45, 7) is 3.22. The maximum Gasteiger partial charge on any atom is 0.227 e. The Labute approximate surface area is 105 Å². The normalized spacial score (nSPS) is 10.2. The van der Waals surface area contributed by atoms with Crippen LogP contribution in [-0.2, 0) is 13.0 Å². The number of pyridine rings is 1. The summed E-state index contributed by atoms with van der Waals surface area (Å²) >= 11 is 0. The van der Waals surface area contributed by atoms with Crippen LogP contribution in [0.2, 0.25) is 0 Å². The number of aromatic nitrogens is 3. The third kappa shape index (κ3) is 3.37. The molecule has 0 aromatic carbocycles. The minimum Gasteiger partial charge on any atom is -0.339 e. The predicted octanol–water partition coefficient (Wildman–Crippen LogP) is 0.977. The fraction of sp³-hybridized carbons (Fsp3) is 0.333. The predicted molar refractivity (Wildman–Crippen MR) is 63.4 cm³/mol. The fourth-order valence-corrected chi connectivity index (χ4v) is 1.52. The van der Waals surface area contributed by atoms with E-state index in [1.54, 1.807) is 19.2 Å². The Kier molecular flexibility index (Phi) is 3.99. The minimum atomic E-state index is 0.432. The zero-order valence-electron chi connectivity index (χ0n) is 10.1. The van der Waals surface area contributed by atoms with Crippen LogP contribution in [0, 0.1) is 18.3 Å². The average Bonchev–Trinajstić information content (AvgIpc) is 2.81. The topological polar surface area (TPSA) is 87.6 Å². The van der Waals surface area contributed by atoms with E-state index in [9.17, 15) is 0 Å². The first-order valence-electron chi connectivity index (χ1n) is 5.63. The molecule has 2 heterocycles. The van der Waals surface area contributed by atoms with Gasteiger partial charge in [0, 0.05) is 25.7 Å². The molecule has 0 fully saturated rings. The molecule has 0 unspecified atom stereocenters. The molecule has 0 bridgehead atoms. The first-order chi connectivity index (χ1) is 8.78. The Morgan fingerprint density at radius 1 is 1.50 bits per heavy atom. The molecule has 18 heavy (non-hydrogen) atoms. The van der Waals surface area contributed by atoms with Crippen molar-refractivity contribution in [3.8, 4) is 6.07 Å². The van der Waals surface area contributed by atoms with Gasteiger partial charge in [0.2, 0.25) is 5.89 Å². The molecule has 6 nitrogen and oxygen atoms in total. The van der Waals surface area contributed by atoms with Gasteiger partial charge >= 0.3 is 0 Å². The van der Waals surface area contributed by atoms with Crippen molar-refractivity contribution in [3.05, 3.63) is 41.3 Å². The van der Waals surface area contributed by atoms with Crippen LogP contribution < -0.4 is 5.32 Å².